The van der Waals surface area contributed by atoms with Crippen molar-refractivity contribution in [3.8, 4) is 0 Å². The summed E-state index contributed by atoms with van der Waals surface area (Å²) in [5.74, 6) is -0.542. The van der Waals surface area contributed by atoms with Crippen molar-refractivity contribution in [2.24, 2.45) is 0 Å². The van der Waals surface area contributed by atoms with Crippen molar-refractivity contribution in [1.29, 1.82) is 0 Å². The van der Waals surface area contributed by atoms with Crippen molar-refractivity contribution in [3.63, 3.8) is 0 Å². The normalized spacial score (nSPS) is 9.55. The van der Waals surface area contributed by atoms with E-state index in [-0.39, 0.29) is 5.69 Å². The lowest BCUT2D eigenvalue weighted by Crippen LogP contribution is -2.07. The minimum absolute atomic E-state index is 0.215. The molecule has 5 heteroatoms. The molecule has 0 aliphatic heterocycles. The summed E-state index contributed by atoms with van der Waals surface area (Å²) in [7, 11) is 1.55. The summed E-state index contributed by atoms with van der Waals surface area (Å²) in [6, 6.07) is 3.57. The molecular formula is C6H5BFNO2. The molecule has 0 amide bonds. The Morgan fingerprint density at radius 3 is 2.64 bits per heavy atom. The van der Waals surface area contributed by atoms with Crippen molar-refractivity contribution in [2.45, 2.75) is 0 Å². The highest BCUT2D eigenvalue weighted by atomic mass is 19.1. The van der Waals surface area contributed by atoms with E-state index in [0.29, 0.717) is 5.46 Å². The van der Waals surface area contributed by atoms with Crippen LogP contribution in [0.3, 0.4) is 0 Å². The van der Waals surface area contributed by atoms with Crippen molar-refractivity contribution in [3.05, 3.63) is 34.1 Å². The molecular weight excluding hydrogens is 148 g/mol. The maximum atomic E-state index is 12.6. The standard InChI is InChI=1S/C6H5BFNO2/c7-5-2-1-4(9(10)11)3-6(5)8/h1-3H,7H2. The van der Waals surface area contributed by atoms with Gasteiger partial charge < -0.3 is 0 Å². The van der Waals surface area contributed by atoms with Crippen LogP contribution >= 0.6 is 0 Å². The van der Waals surface area contributed by atoms with Gasteiger partial charge in [-0.15, -0.1) is 0 Å². The van der Waals surface area contributed by atoms with E-state index < -0.39 is 10.7 Å². The van der Waals surface area contributed by atoms with Gasteiger partial charge in [0, 0.05) is 6.07 Å². The zero-order valence-corrected chi connectivity index (χ0v) is 5.87. The number of non-ortho nitro benzene ring substituents is 1. The zero-order chi connectivity index (χ0) is 8.43. The van der Waals surface area contributed by atoms with E-state index in [0.717, 1.165) is 6.07 Å². The van der Waals surface area contributed by atoms with Gasteiger partial charge in [-0.3, -0.25) is 10.1 Å². The number of nitro groups is 1. The van der Waals surface area contributed by atoms with Gasteiger partial charge in [-0.2, -0.15) is 0 Å². The number of halogens is 1. The van der Waals surface area contributed by atoms with Crippen LogP contribution in [0.5, 0.6) is 0 Å². The summed E-state index contributed by atoms with van der Waals surface area (Å²) in [5.41, 5.74) is 0.198. The van der Waals surface area contributed by atoms with Crippen molar-refractivity contribution < 1.29 is 9.31 Å². The third-order valence-electron chi connectivity index (χ3n) is 1.37. The maximum absolute atomic E-state index is 12.6. The third kappa shape index (κ3) is 1.55. The Bertz CT molecular complexity index is 303. The molecule has 0 spiro atoms. The molecule has 11 heavy (non-hydrogen) atoms. The predicted molar refractivity (Wildman–Crippen MR) is 41.2 cm³/mol. The van der Waals surface area contributed by atoms with Crippen LogP contribution in [0.4, 0.5) is 10.1 Å². The predicted octanol–water partition coefficient (Wildman–Crippen LogP) is -0.00770. The first kappa shape index (κ1) is 7.72. The molecule has 0 aliphatic carbocycles. The molecule has 1 aromatic rings. The van der Waals surface area contributed by atoms with Gasteiger partial charge in [0.05, 0.1) is 11.0 Å². The monoisotopic (exact) mass is 153 g/mol. The largest absolute Gasteiger partial charge is 0.272 e. The van der Waals surface area contributed by atoms with Crippen LogP contribution in [0.25, 0.3) is 0 Å². The first-order chi connectivity index (χ1) is 5.11. The number of hydrogen-bond acceptors (Lipinski definition) is 2. The minimum Gasteiger partial charge on any atom is -0.258 e. The van der Waals surface area contributed by atoms with E-state index >= 15 is 0 Å². The highest BCUT2D eigenvalue weighted by Gasteiger charge is 2.06. The average molecular weight is 153 g/mol. The van der Waals surface area contributed by atoms with E-state index in [1.54, 1.807) is 7.85 Å². The van der Waals surface area contributed by atoms with Crippen molar-refractivity contribution >= 4 is 19.0 Å². The summed E-state index contributed by atoms with van der Waals surface area (Å²) < 4.78 is 12.6. The molecule has 0 fully saturated rings. The number of rotatable bonds is 1. The fourth-order valence-corrected chi connectivity index (χ4v) is 0.695. The molecule has 0 aliphatic rings. The number of nitrogens with zero attached hydrogens (tertiary/aromatic N) is 1. The van der Waals surface area contributed by atoms with Gasteiger partial charge in [0.1, 0.15) is 13.7 Å². The van der Waals surface area contributed by atoms with Crippen LogP contribution in [-0.2, 0) is 0 Å². The lowest BCUT2D eigenvalue weighted by Gasteiger charge is -1.94. The second-order valence-corrected chi connectivity index (χ2v) is 2.19. The van der Waals surface area contributed by atoms with Gasteiger partial charge in [0.25, 0.3) is 5.69 Å². The fraction of sp³-hybridized carbons (Fsp3) is 0. The maximum Gasteiger partial charge on any atom is 0.272 e. The average Bonchev–Trinajstić information content (AvgIpc) is 1.94. The Morgan fingerprint density at radius 1 is 1.55 bits per heavy atom. The first-order valence-corrected chi connectivity index (χ1v) is 3.02. The van der Waals surface area contributed by atoms with E-state index in [1.165, 1.54) is 12.1 Å². The minimum atomic E-state index is -0.622. The van der Waals surface area contributed by atoms with Gasteiger partial charge in [-0.1, -0.05) is 11.5 Å². The lowest BCUT2D eigenvalue weighted by atomic mass is 9.95. The fourth-order valence-electron chi connectivity index (χ4n) is 0.695. The van der Waals surface area contributed by atoms with Crippen molar-refractivity contribution in [1.82, 2.24) is 0 Å². The quantitative estimate of drug-likeness (QED) is 0.323. The second kappa shape index (κ2) is 2.69. The van der Waals surface area contributed by atoms with E-state index in [2.05, 4.69) is 0 Å². The van der Waals surface area contributed by atoms with Gasteiger partial charge in [0.15, 0.2) is 0 Å². The molecule has 0 atom stereocenters. The molecule has 0 aromatic heterocycles. The summed E-state index contributed by atoms with van der Waals surface area (Å²) in [5, 5.41) is 10.1. The lowest BCUT2D eigenvalue weighted by molar-refractivity contribution is -0.385. The van der Waals surface area contributed by atoms with Gasteiger partial charge in [-0.05, 0) is 0 Å². The first-order valence-electron chi connectivity index (χ1n) is 3.02. The molecule has 0 N–H and O–H groups in total. The Balaban J connectivity index is 3.15. The van der Waals surface area contributed by atoms with E-state index in [1.807, 2.05) is 0 Å². The van der Waals surface area contributed by atoms with Crippen LogP contribution in [0.1, 0.15) is 0 Å². The Labute approximate surface area is 63.4 Å². The van der Waals surface area contributed by atoms with Gasteiger partial charge >= 0.3 is 0 Å². The van der Waals surface area contributed by atoms with Crippen LogP contribution < -0.4 is 5.46 Å². The molecule has 0 heterocycles. The smallest absolute Gasteiger partial charge is 0.258 e. The van der Waals surface area contributed by atoms with Gasteiger partial charge in [-0.25, -0.2) is 4.39 Å². The summed E-state index contributed by atoms with van der Waals surface area (Å²) in [6.45, 7) is 0. The molecule has 0 bridgehead atoms. The number of benzene rings is 1. The van der Waals surface area contributed by atoms with Gasteiger partial charge in [0.2, 0.25) is 0 Å². The molecule has 0 saturated carbocycles. The Hall–Kier alpha value is -1.39. The third-order valence-corrected chi connectivity index (χ3v) is 1.37. The highest BCUT2D eigenvalue weighted by molar-refractivity contribution is 6.32. The number of nitro benzene ring substituents is 1. The van der Waals surface area contributed by atoms with Crippen LogP contribution in [0, 0.1) is 15.9 Å². The Kier molecular flexibility index (Phi) is 1.89. The summed E-state index contributed by atoms with van der Waals surface area (Å²) in [6.07, 6.45) is 0. The molecule has 0 radical (unpaired) electrons. The van der Waals surface area contributed by atoms with Crippen LogP contribution in [-0.4, -0.2) is 12.8 Å². The zero-order valence-electron chi connectivity index (χ0n) is 5.87. The van der Waals surface area contributed by atoms with Crippen molar-refractivity contribution in [2.75, 3.05) is 0 Å². The molecule has 56 valence electrons. The van der Waals surface area contributed by atoms with Crippen LogP contribution in [0.2, 0.25) is 0 Å². The summed E-state index contributed by atoms with van der Waals surface area (Å²) >= 11 is 0. The molecule has 3 nitrogen and oxygen atoms in total. The van der Waals surface area contributed by atoms with E-state index in [9.17, 15) is 14.5 Å². The molecule has 0 saturated heterocycles. The molecule has 1 rings (SSSR count). The molecule has 1 aromatic carbocycles. The van der Waals surface area contributed by atoms with Crippen LogP contribution in [0.15, 0.2) is 18.2 Å². The second-order valence-electron chi connectivity index (χ2n) is 2.19. The Morgan fingerprint density at radius 2 is 2.18 bits per heavy atom. The highest BCUT2D eigenvalue weighted by Crippen LogP contribution is 2.09. The molecule has 0 unspecified atom stereocenters. The topological polar surface area (TPSA) is 43.1 Å². The summed E-state index contributed by atoms with van der Waals surface area (Å²) in [4.78, 5) is 9.48. The number of hydrogen-bond donors (Lipinski definition) is 0. The SMILES string of the molecule is Bc1ccc([N+](=O)[O-])cc1F. The van der Waals surface area contributed by atoms with E-state index in [4.69, 9.17) is 0 Å².